The smallest absolute Gasteiger partial charge is 0.225 e. The zero-order valence-electron chi connectivity index (χ0n) is 18.4. The molecule has 2 aromatic carbocycles. The van der Waals surface area contributed by atoms with E-state index in [1.807, 2.05) is 4.57 Å². The molecule has 176 valence electrons. The van der Waals surface area contributed by atoms with E-state index in [1.54, 1.807) is 18.3 Å². The summed E-state index contributed by atoms with van der Waals surface area (Å²) in [5.74, 6) is -1.08. The molecule has 4 aromatic rings. The summed E-state index contributed by atoms with van der Waals surface area (Å²) in [6.45, 7) is 0.863. The zero-order chi connectivity index (χ0) is 23.7. The Kier molecular flexibility index (Phi) is 6.41. The summed E-state index contributed by atoms with van der Waals surface area (Å²) >= 11 is 6.38. The molecule has 0 spiro atoms. The van der Waals surface area contributed by atoms with E-state index >= 15 is 0 Å². The SMILES string of the molecule is Fc1ccc(CNc2ncc3nc(-c4c(F)cccc4Cl)n(CC4CCCCC4)c3n2)cc1F. The number of anilines is 1. The topological polar surface area (TPSA) is 55.6 Å². The van der Waals surface area contributed by atoms with Gasteiger partial charge < -0.3 is 9.88 Å². The van der Waals surface area contributed by atoms with Crippen LogP contribution in [0, 0.1) is 23.4 Å². The van der Waals surface area contributed by atoms with Gasteiger partial charge in [0.05, 0.1) is 16.8 Å². The van der Waals surface area contributed by atoms with Gasteiger partial charge in [-0.3, -0.25) is 0 Å². The molecule has 0 atom stereocenters. The van der Waals surface area contributed by atoms with Crippen molar-refractivity contribution in [2.45, 2.75) is 45.2 Å². The van der Waals surface area contributed by atoms with Crippen LogP contribution in [0.5, 0.6) is 0 Å². The molecule has 1 N–H and O–H groups in total. The van der Waals surface area contributed by atoms with Gasteiger partial charge in [0.1, 0.15) is 17.2 Å². The first-order valence-electron chi connectivity index (χ1n) is 11.3. The Morgan fingerprint density at radius 3 is 2.56 bits per heavy atom. The number of imidazole rings is 1. The predicted octanol–water partition coefficient (Wildman–Crippen LogP) is 6.76. The maximum atomic E-state index is 14.8. The van der Waals surface area contributed by atoms with E-state index < -0.39 is 17.5 Å². The third kappa shape index (κ3) is 4.59. The van der Waals surface area contributed by atoms with Gasteiger partial charge >= 0.3 is 0 Å². The summed E-state index contributed by atoms with van der Waals surface area (Å²) in [5, 5.41) is 3.33. The van der Waals surface area contributed by atoms with Crippen molar-refractivity contribution >= 4 is 28.7 Å². The molecule has 0 bridgehead atoms. The summed E-state index contributed by atoms with van der Waals surface area (Å²) in [4.78, 5) is 13.6. The van der Waals surface area contributed by atoms with Crippen molar-refractivity contribution in [3.8, 4) is 11.4 Å². The van der Waals surface area contributed by atoms with Crippen molar-refractivity contribution in [1.82, 2.24) is 19.5 Å². The van der Waals surface area contributed by atoms with Gasteiger partial charge in [-0.1, -0.05) is 43.0 Å². The number of aromatic nitrogens is 4. The van der Waals surface area contributed by atoms with Crippen molar-refractivity contribution in [1.29, 1.82) is 0 Å². The van der Waals surface area contributed by atoms with E-state index in [0.29, 0.717) is 41.0 Å². The van der Waals surface area contributed by atoms with Crippen LogP contribution in [0.25, 0.3) is 22.6 Å². The maximum Gasteiger partial charge on any atom is 0.225 e. The van der Waals surface area contributed by atoms with Crippen molar-refractivity contribution in [3.63, 3.8) is 0 Å². The first-order chi connectivity index (χ1) is 16.5. The summed E-state index contributed by atoms with van der Waals surface area (Å²) in [6, 6.07) is 8.29. The summed E-state index contributed by atoms with van der Waals surface area (Å²) in [7, 11) is 0. The molecule has 0 unspecified atom stereocenters. The zero-order valence-corrected chi connectivity index (χ0v) is 19.1. The minimum atomic E-state index is -0.910. The normalized spacial score (nSPS) is 14.6. The molecular formula is C25H23ClF3N5. The molecule has 9 heteroatoms. The number of hydrogen-bond acceptors (Lipinski definition) is 4. The highest BCUT2D eigenvalue weighted by molar-refractivity contribution is 6.33. The van der Waals surface area contributed by atoms with Crippen LogP contribution in [0.4, 0.5) is 19.1 Å². The maximum absolute atomic E-state index is 14.8. The average Bonchev–Trinajstić information content (AvgIpc) is 3.17. The molecule has 0 radical (unpaired) electrons. The number of halogens is 4. The molecule has 1 aliphatic carbocycles. The average molecular weight is 486 g/mol. The van der Waals surface area contributed by atoms with Gasteiger partial charge in [-0.05, 0) is 48.6 Å². The fourth-order valence-electron chi connectivity index (χ4n) is 4.54. The first-order valence-corrected chi connectivity index (χ1v) is 11.7. The monoisotopic (exact) mass is 485 g/mol. The Morgan fingerprint density at radius 2 is 1.79 bits per heavy atom. The molecule has 1 saturated carbocycles. The molecule has 34 heavy (non-hydrogen) atoms. The van der Waals surface area contributed by atoms with Gasteiger partial charge in [0.2, 0.25) is 5.95 Å². The van der Waals surface area contributed by atoms with Gasteiger partial charge in [0.15, 0.2) is 17.3 Å². The highest BCUT2D eigenvalue weighted by Gasteiger charge is 2.23. The molecule has 2 heterocycles. The minimum absolute atomic E-state index is 0.214. The molecule has 5 nitrogen and oxygen atoms in total. The molecule has 0 aliphatic heterocycles. The lowest BCUT2D eigenvalue weighted by molar-refractivity contribution is 0.322. The molecular weight excluding hydrogens is 463 g/mol. The first kappa shape index (κ1) is 22.7. The Balaban J connectivity index is 1.52. The summed E-state index contributed by atoms with van der Waals surface area (Å²) in [6.07, 6.45) is 7.33. The summed E-state index contributed by atoms with van der Waals surface area (Å²) < 4.78 is 43.5. The van der Waals surface area contributed by atoms with E-state index in [2.05, 4.69) is 20.3 Å². The third-order valence-electron chi connectivity index (χ3n) is 6.27. The number of rotatable bonds is 6. The van der Waals surface area contributed by atoms with E-state index in [4.69, 9.17) is 11.6 Å². The van der Waals surface area contributed by atoms with Gasteiger partial charge in [-0.25, -0.2) is 23.1 Å². The van der Waals surface area contributed by atoms with Gasteiger partial charge in [-0.2, -0.15) is 4.98 Å². The van der Waals surface area contributed by atoms with Crippen LogP contribution in [0.15, 0.2) is 42.6 Å². The molecule has 0 saturated heterocycles. The second kappa shape index (κ2) is 9.62. The fraction of sp³-hybridized carbons (Fsp3) is 0.320. The molecule has 5 rings (SSSR count). The second-order valence-electron chi connectivity index (χ2n) is 8.65. The van der Waals surface area contributed by atoms with E-state index in [0.717, 1.165) is 25.0 Å². The number of nitrogens with one attached hydrogen (secondary N) is 1. The Hall–Kier alpha value is -3.13. The summed E-state index contributed by atoms with van der Waals surface area (Å²) in [5.41, 5.74) is 1.90. The number of fused-ring (bicyclic) bond motifs is 1. The Labute approximate surface area is 200 Å². The molecule has 1 fully saturated rings. The largest absolute Gasteiger partial charge is 0.350 e. The van der Waals surface area contributed by atoms with Crippen LogP contribution in [0.1, 0.15) is 37.7 Å². The van der Waals surface area contributed by atoms with Gasteiger partial charge in [0, 0.05) is 13.1 Å². The number of nitrogens with zero attached hydrogens (tertiary/aromatic N) is 4. The van der Waals surface area contributed by atoms with Crippen LogP contribution in [-0.2, 0) is 13.1 Å². The highest BCUT2D eigenvalue weighted by atomic mass is 35.5. The van der Waals surface area contributed by atoms with Crippen molar-refractivity contribution < 1.29 is 13.2 Å². The van der Waals surface area contributed by atoms with E-state index in [-0.39, 0.29) is 17.1 Å². The van der Waals surface area contributed by atoms with Gasteiger partial charge in [0.25, 0.3) is 0 Å². The lowest BCUT2D eigenvalue weighted by Crippen LogP contribution is -2.16. The van der Waals surface area contributed by atoms with Crippen LogP contribution in [-0.4, -0.2) is 19.5 Å². The molecule has 2 aromatic heterocycles. The second-order valence-corrected chi connectivity index (χ2v) is 9.06. The Bertz CT molecular complexity index is 1310. The van der Waals surface area contributed by atoms with Crippen LogP contribution >= 0.6 is 11.6 Å². The number of hydrogen-bond donors (Lipinski definition) is 1. The fourth-order valence-corrected chi connectivity index (χ4v) is 4.79. The minimum Gasteiger partial charge on any atom is -0.350 e. The van der Waals surface area contributed by atoms with Crippen molar-refractivity contribution in [2.24, 2.45) is 5.92 Å². The third-order valence-corrected chi connectivity index (χ3v) is 6.59. The van der Waals surface area contributed by atoms with Crippen LogP contribution in [0.2, 0.25) is 5.02 Å². The van der Waals surface area contributed by atoms with Gasteiger partial charge in [-0.15, -0.1) is 0 Å². The highest BCUT2D eigenvalue weighted by Crippen LogP contribution is 2.34. The predicted molar refractivity (Wildman–Crippen MR) is 126 cm³/mol. The quantitative estimate of drug-likeness (QED) is 0.328. The van der Waals surface area contributed by atoms with E-state index in [1.165, 1.54) is 31.4 Å². The van der Waals surface area contributed by atoms with Crippen LogP contribution < -0.4 is 5.32 Å². The number of benzene rings is 2. The van der Waals surface area contributed by atoms with E-state index in [9.17, 15) is 13.2 Å². The molecule has 0 amide bonds. The Morgan fingerprint density at radius 1 is 0.971 bits per heavy atom. The molecule has 1 aliphatic rings. The standard InChI is InChI=1S/C25H23ClF3N5/c26-17-7-4-8-19(28)22(17)24-32-21-13-31-25(30-12-16-9-10-18(27)20(29)11-16)33-23(21)34(24)14-15-5-2-1-3-6-15/h4,7-11,13,15H,1-3,5-6,12,14H2,(H,30,31,33). The lowest BCUT2D eigenvalue weighted by Gasteiger charge is -2.23. The van der Waals surface area contributed by atoms with Crippen LogP contribution in [0.3, 0.4) is 0 Å². The van der Waals surface area contributed by atoms with Crippen molar-refractivity contribution in [3.05, 3.63) is 70.6 Å². The lowest BCUT2D eigenvalue weighted by atomic mass is 9.89. The van der Waals surface area contributed by atoms with Crippen molar-refractivity contribution in [2.75, 3.05) is 5.32 Å².